The van der Waals surface area contributed by atoms with Crippen molar-refractivity contribution in [3.63, 3.8) is 0 Å². The molecule has 0 fully saturated rings. The topological polar surface area (TPSA) is 86.2 Å². The van der Waals surface area contributed by atoms with Crippen LogP contribution >= 0.6 is 0 Å². The molecule has 16 heavy (non-hydrogen) atoms. The molecule has 1 aromatic carbocycles. The number of Topliss-reactive ketones (excluding diaryl/α,β-unsaturated/α-hetero) is 1. The lowest BCUT2D eigenvalue weighted by Gasteiger charge is -2.11. The molecule has 86 valence electrons. The van der Waals surface area contributed by atoms with Crippen molar-refractivity contribution in [3.05, 3.63) is 35.9 Å². The Hall–Kier alpha value is -1.68. The fraction of sp³-hybridized carbons (Fsp3) is 0.333. The van der Waals surface area contributed by atoms with Crippen LogP contribution in [-0.2, 0) is 16.0 Å². The van der Waals surface area contributed by atoms with Crippen LogP contribution in [0.3, 0.4) is 0 Å². The average Bonchev–Trinajstić information content (AvgIpc) is 2.29. The molecule has 0 aromatic heterocycles. The second-order valence-corrected chi connectivity index (χ2v) is 3.74. The lowest BCUT2D eigenvalue weighted by molar-refractivity contribution is -0.126. The van der Waals surface area contributed by atoms with Gasteiger partial charge < -0.3 is 11.5 Å². The van der Waals surface area contributed by atoms with Gasteiger partial charge in [0.05, 0.1) is 6.54 Å². The largest absolute Gasteiger partial charge is 0.369 e. The van der Waals surface area contributed by atoms with E-state index in [0.29, 0.717) is 6.42 Å². The number of carbonyl (C=O) groups is 2. The number of amides is 1. The number of benzene rings is 1. The summed E-state index contributed by atoms with van der Waals surface area (Å²) in [5, 5.41) is 0. The van der Waals surface area contributed by atoms with E-state index in [-0.39, 0.29) is 18.7 Å². The molecule has 4 heteroatoms. The van der Waals surface area contributed by atoms with E-state index in [4.69, 9.17) is 11.5 Å². The van der Waals surface area contributed by atoms with E-state index < -0.39 is 11.8 Å². The Labute approximate surface area is 94.6 Å². The van der Waals surface area contributed by atoms with Crippen LogP contribution in [0.4, 0.5) is 0 Å². The Morgan fingerprint density at radius 2 is 1.81 bits per heavy atom. The first-order chi connectivity index (χ1) is 7.63. The van der Waals surface area contributed by atoms with E-state index in [1.165, 1.54) is 0 Å². The Bertz CT molecular complexity index is 363. The average molecular weight is 220 g/mol. The van der Waals surface area contributed by atoms with Gasteiger partial charge in [-0.15, -0.1) is 0 Å². The van der Waals surface area contributed by atoms with Crippen LogP contribution in [-0.4, -0.2) is 18.2 Å². The molecule has 0 aliphatic carbocycles. The first-order valence-electron chi connectivity index (χ1n) is 5.18. The van der Waals surface area contributed by atoms with Gasteiger partial charge >= 0.3 is 0 Å². The first-order valence-corrected chi connectivity index (χ1v) is 5.18. The van der Waals surface area contributed by atoms with Crippen molar-refractivity contribution in [1.82, 2.24) is 0 Å². The fourth-order valence-corrected chi connectivity index (χ4v) is 1.53. The van der Waals surface area contributed by atoms with Gasteiger partial charge in [-0.1, -0.05) is 30.3 Å². The predicted octanol–water partition coefficient (Wildman–Crippen LogP) is 0.248. The zero-order chi connectivity index (χ0) is 12.0. The summed E-state index contributed by atoms with van der Waals surface area (Å²) in [5.41, 5.74) is 11.5. The second kappa shape index (κ2) is 6.02. The van der Waals surface area contributed by atoms with Crippen LogP contribution in [0.5, 0.6) is 0 Å². The summed E-state index contributed by atoms with van der Waals surface area (Å²) >= 11 is 0. The van der Waals surface area contributed by atoms with Gasteiger partial charge in [0.2, 0.25) is 5.91 Å². The minimum Gasteiger partial charge on any atom is -0.369 e. The number of primary amides is 1. The smallest absolute Gasteiger partial charge is 0.221 e. The molecule has 1 amide bonds. The minimum atomic E-state index is -0.460. The number of hydrogen-bond acceptors (Lipinski definition) is 3. The van der Waals surface area contributed by atoms with Crippen LogP contribution in [0.1, 0.15) is 12.0 Å². The van der Waals surface area contributed by atoms with E-state index >= 15 is 0 Å². The van der Waals surface area contributed by atoms with Crippen molar-refractivity contribution in [2.45, 2.75) is 12.8 Å². The molecular weight excluding hydrogens is 204 g/mol. The minimum absolute atomic E-state index is 0.0431. The maximum Gasteiger partial charge on any atom is 0.221 e. The van der Waals surface area contributed by atoms with E-state index in [1.54, 1.807) is 0 Å². The van der Waals surface area contributed by atoms with Crippen LogP contribution in [0.25, 0.3) is 0 Å². The third-order valence-electron chi connectivity index (χ3n) is 2.43. The first kappa shape index (κ1) is 12.4. The molecule has 0 spiro atoms. The Morgan fingerprint density at radius 1 is 1.19 bits per heavy atom. The van der Waals surface area contributed by atoms with Gasteiger partial charge in [-0.2, -0.15) is 0 Å². The molecule has 0 heterocycles. The molecule has 0 saturated heterocycles. The van der Waals surface area contributed by atoms with Gasteiger partial charge in [-0.25, -0.2) is 0 Å². The second-order valence-electron chi connectivity index (χ2n) is 3.74. The molecule has 0 aliphatic heterocycles. The molecule has 1 aromatic rings. The summed E-state index contributed by atoms with van der Waals surface area (Å²) in [5.74, 6) is -1.05. The van der Waals surface area contributed by atoms with Crippen molar-refractivity contribution in [1.29, 1.82) is 0 Å². The van der Waals surface area contributed by atoms with E-state index in [1.807, 2.05) is 30.3 Å². The maximum atomic E-state index is 11.2. The fourth-order valence-electron chi connectivity index (χ4n) is 1.53. The highest BCUT2D eigenvalue weighted by Gasteiger charge is 2.18. The van der Waals surface area contributed by atoms with E-state index in [9.17, 15) is 9.59 Å². The quantitative estimate of drug-likeness (QED) is 0.720. The van der Waals surface area contributed by atoms with Crippen LogP contribution in [0.2, 0.25) is 0 Å². The van der Waals surface area contributed by atoms with Crippen LogP contribution in [0, 0.1) is 5.92 Å². The summed E-state index contributed by atoms with van der Waals surface area (Å²) in [6.45, 7) is -0.0431. The number of rotatable bonds is 6. The van der Waals surface area contributed by atoms with Crippen molar-refractivity contribution < 1.29 is 9.59 Å². The number of ketones is 1. The lowest BCUT2D eigenvalue weighted by atomic mass is 9.94. The Balaban J connectivity index is 2.65. The summed E-state index contributed by atoms with van der Waals surface area (Å²) in [4.78, 5) is 22.4. The van der Waals surface area contributed by atoms with Crippen LogP contribution < -0.4 is 11.5 Å². The van der Waals surface area contributed by atoms with Gasteiger partial charge in [0.25, 0.3) is 0 Å². The molecule has 0 unspecified atom stereocenters. The van der Waals surface area contributed by atoms with Gasteiger partial charge in [-0.3, -0.25) is 9.59 Å². The molecule has 0 aliphatic rings. The summed E-state index contributed by atoms with van der Waals surface area (Å²) in [6.07, 6.45) is 0.614. The lowest BCUT2D eigenvalue weighted by Crippen LogP contribution is -2.29. The predicted molar refractivity (Wildman–Crippen MR) is 61.5 cm³/mol. The third kappa shape index (κ3) is 3.82. The van der Waals surface area contributed by atoms with Crippen molar-refractivity contribution in [3.8, 4) is 0 Å². The van der Waals surface area contributed by atoms with Crippen molar-refractivity contribution in [2.24, 2.45) is 17.4 Å². The van der Waals surface area contributed by atoms with Crippen LogP contribution in [0.15, 0.2) is 30.3 Å². The zero-order valence-electron chi connectivity index (χ0n) is 9.06. The summed E-state index contributed by atoms with van der Waals surface area (Å²) in [6, 6.07) is 9.48. The molecule has 0 radical (unpaired) electrons. The van der Waals surface area contributed by atoms with Gasteiger partial charge in [0, 0.05) is 12.3 Å². The van der Waals surface area contributed by atoms with Gasteiger partial charge in [-0.05, 0) is 12.0 Å². The van der Waals surface area contributed by atoms with Crippen molar-refractivity contribution in [2.75, 3.05) is 6.54 Å². The Kier molecular flexibility index (Phi) is 4.66. The van der Waals surface area contributed by atoms with Gasteiger partial charge in [0.15, 0.2) is 0 Å². The summed E-state index contributed by atoms with van der Waals surface area (Å²) < 4.78 is 0. The molecule has 4 nitrogen and oxygen atoms in total. The third-order valence-corrected chi connectivity index (χ3v) is 2.43. The van der Waals surface area contributed by atoms with E-state index in [2.05, 4.69) is 0 Å². The normalized spacial score (nSPS) is 12.1. The highest BCUT2D eigenvalue weighted by molar-refractivity contribution is 5.87. The molecule has 0 bridgehead atoms. The standard InChI is InChI=1S/C12H16N2O2/c13-8-11(15)7-10(12(14)16)6-9-4-2-1-3-5-9/h1-5,10H,6-8,13H2,(H2,14,16)/t10-/m1/s1. The summed E-state index contributed by atoms with van der Waals surface area (Å²) in [7, 11) is 0. The Morgan fingerprint density at radius 3 is 2.31 bits per heavy atom. The zero-order valence-corrected chi connectivity index (χ0v) is 9.06. The maximum absolute atomic E-state index is 11.2. The molecule has 4 N–H and O–H groups in total. The van der Waals surface area contributed by atoms with Gasteiger partial charge in [0.1, 0.15) is 5.78 Å². The highest BCUT2D eigenvalue weighted by atomic mass is 16.1. The molecule has 1 atom stereocenters. The SMILES string of the molecule is NCC(=O)C[C@@H](Cc1ccccc1)C(N)=O. The molecule has 0 saturated carbocycles. The van der Waals surface area contributed by atoms with Crippen molar-refractivity contribution >= 4 is 11.7 Å². The highest BCUT2D eigenvalue weighted by Crippen LogP contribution is 2.12. The number of carbonyl (C=O) groups excluding carboxylic acids is 2. The number of nitrogens with two attached hydrogens (primary N) is 2. The monoisotopic (exact) mass is 220 g/mol. The molecular formula is C12H16N2O2. The molecule has 1 rings (SSSR count). The number of hydrogen-bond donors (Lipinski definition) is 2. The van der Waals surface area contributed by atoms with E-state index in [0.717, 1.165) is 5.56 Å².